The van der Waals surface area contributed by atoms with Gasteiger partial charge in [0.25, 0.3) is 5.56 Å². The summed E-state index contributed by atoms with van der Waals surface area (Å²) < 4.78 is 0. The zero-order valence-electron chi connectivity index (χ0n) is 18.2. The van der Waals surface area contributed by atoms with Gasteiger partial charge in [0, 0.05) is 24.9 Å². The van der Waals surface area contributed by atoms with Gasteiger partial charge in [0.15, 0.2) is 5.96 Å². The van der Waals surface area contributed by atoms with Crippen LogP contribution < -0.4 is 22.3 Å². The maximum atomic E-state index is 12.6. The summed E-state index contributed by atoms with van der Waals surface area (Å²) in [4.78, 5) is 34.3. The summed E-state index contributed by atoms with van der Waals surface area (Å²) >= 11 is 1.77. The summed E-state index contributed by atoms with van der Waals surface area (Å²) in [5.41, 5.74) is 13.0. The van der Waals surface area contributed by atoms with Crippen LogP contribution in [0.2, 0.25) is 0 Å². The van der Waals surface area contributed by atoms with E-state index in [1.165, 1.54) is 0 Å². The van der Waals surface area contributed by atoms with Gasteiger partial charge in [-0.3, -0.25) is 15.0 Å². The molecule has 2 heterocycles. The predicted octanol–water partition coefficient (Wildman–Crippen LogP) is 1.47. The number of nitrogens with one attached hydrogen (secondary N) is 3. The number of carbonyl (C=O) groups excluding carboxylic acids is 1. The van der Waals surface area contributed by atoms with Crippen LogP contribution in [-0.2, 0) is 10.5 Å². The number of H-pyrrole nitrogens is 1. The Kier molecular flexibility index (Phi) is 9.80. The molecule has 1 aromatic heterocycles. The van der Waals surface area contributed by atoms with Crippen molar-refractivity contribution in [3.8, 4) is 0 Å². The number of amides is 1. The topological polar surface area (TPSA) is 154 Å². The number of hydrogen-bond acceptors (Lipinski definition) is 6. The lowest BCUT2D eigenvalue weighted by Gasteiger charge is -2.33. The summed E-state index contributed by atoms with van der Waals surface area (Å²) in [5.74, 6) is 1.25. The van der Waals surface area contributed by atoms with E-state index in [0.29, 0.717) is 54.7 Å². The maximum Gasteiger partial charge on any atom is 0.258 e. The number of piperidine rings is 1. The number of aromatic amines is 1. The molecule has 1 fully saturated rings. The first-order chi connectivity index (χ1) is 14.8. The lowest BCUT2D eigenvalue weighted by Crippen LogP contribution is -2.47. The molecule has 0 aliphatic carbocycles. The molecular weight excluding hydrogens is 450 g/mol. The van der Waals surface area contributed by atoms with E-state index in [0.717, 1.165) is 23.9 Å². The predicted molar refractivity (Wildman–Crippen MR) is 132 cm³/mol. The molecule has 0 saturated carbocycles. The summed E-state index contributed by atoms with van der Waals surface area (Å²) in [5, 5.41) is 10.9. The van der Waals surface area contributed by atoms with E-state index >= 15 is 0 Å². The average molecular weight is 482 g/mol. The van der Waals surface area contributed by atoms with E-state index in [-0.39, 0.29) is 29.8 Å². The van der Waals surface area contributed by atoms with Crippen LogP contribution in [0.3, 0.4) is 0 Å². The van der Waals surface area contributed by atoms with Gasteiger partial charge >= 0.3 is 0 Å². The average Bonchev–Trinajstić information content (AvgIpc) is 2.75. The molecule has 0 unspecified atom stereocenters. The number of nitrogens with zero attached hydrogens (tertiary/aromatic N) is 2. The zero-order chi connectivity index (χ0) is 22.4. The van der Waals surface area contributed by atoms with Crippen molar-refractivity contribution in [1.29, 1.82) is 5.41 Å². The van der Waals surface area contributed by atoms with Crippen molar-refractivity contribution < 1.29 is 4.79 Å². The number of halogens is 1. The zero-order valence-corrected chi connectivity index (χ0v) is 19.9. The Morgan fingerprint density at radius 2 is 2.12 bits per heavy atom. The number of fused-ring (bicyclic) bond motifs is 1. The number of guanidine groups is 1. The third-order valence-corrected chi connectivity index (χ3v) is 6.90. The number of rotatable bonds is 8. The quantitative estimate of drug-likeness (QED) is 0.217. The molecule has 0 radical (unpaired) electrons. The molecule has 1 saturated heterocycles. The molecule has 7 N–H and O–H groups in total. The van der Waals surface area contributed by atoms with E-state index in [1.54, 1.807) is 17.8 Å². The highest BCUT2D eigenvalue weighted by molar-refractivity contribution is 7.99. The summed E-state index contributed by atoms with van der Waals surface area (Å²) in [6.07, 6.45) is 3.04. The van der Waals surface area contributed by atoms with Crippen LogP contribution >= 0.6 is 24.2 Å². The molecule has 0 bridgehead atoms. The van der Waals surface area contributed by atoms with E-state index < -0.39 is 6.04 Å². The Hall–Kier alpha value is -2.30. The van der Waals surface area contributed by atoms with Crippen LogP contribution in [0.4, 0.5) is 0 Å². The fraction of sp³-hybridized carbons (Fsp3) is 0.524. The second-order valence-electron chi connectivity index (χ2n) is 7.91. The molecule has 0 spiro atoms. The van der Waals surface area contributed by atoms with Gasteiger partial charge in [-0.2, -0.15) is 11.8 Å². The SMILES string of the molecule is Cc1cccc2c(=O)[nH]c(CSC3CCN(C(=O)[C@@H](N)CCCNC(=N)N)CC3)nc12.Cl. The number of aromatic nitrogens is 2. The number of benzene rings is 1. The first kappa shape index (κ1) is 26.0. The van der Waals surface area contributed by atoms with Crippen molar-refractivity contribution in [2.24, 2.45) is 11.5 Å². The van der Waals surface area contributed by atoms with Gasteiger partial charge in [-0.15, -0.1) is 12.4 Å². The van der Waals surface area contributed by atoms with E-state index in [9.17, 15) is 9.59 Å². The fourth-order valence-corrected chi connectivity index (χ4v) is 4.84. The van der Waals surface area contributed by atoms with E-state index in [2.05, 4.69) is 15.3 Å². The molecule has 3 rings (SSSR count). The fourth-order valence-electron chi connectivity index (χ4n) is 3.76. The normalized spacial score (nSPS) is 15.2. The van der Waals surface area contributed by atoms with Crippen molar-refractivity contribution >= 4 is 46.9 Å². The van der Waals surface area contributed by atoms with Gasteiger partial charge in [-0.1, -0.05) is 12.1 Å². The smallest absolute Gasteiger partial charge is 0.258 e. The third kappa shape index (κ3) is 6.85. The monoisotopic (exact) mass is 481 g/mol. The van der Waals surface area contributed by atoms with Crippen LogP contribution in [0.5, 0.6) is 0 Å². The summed E-state index contributed by atoms with van der Waals surface area (Å²) in [6, 6.07) is 5.10. The highest BCUT2D eigenvalue weighted by atomic mass is 35.5. The van der Waals surface area contributed by atoms with Crippen LogP contribution in [0.1, 0.15) is 37.1 Å². The van der Waals surface area contributed by atoms with Crippen molar-refractivity contribution in [2.45, 2.75) is 49.7 Å². The molecular formula is C21H32ClN7O2S. The Bertz CT molecular complexity index is 992. The maximum absolute atomic E-state index is 12.6. The van der Waals surface area contributed by atoms with Gasteiger partial charge in [0.05, 0.1) is 22.7 Å². The minimum atomic E-state index is -0.520. The van der Waals surface area contributed by atoms with Crippen molar-refractivity contribution in [2.75, 3.05) is 19.6 Å². The van der Waals surface area contributed by atoms with Gasteiger partial charge in [0.2, 0.25) is 5.91 Å². The van der Waals surface area contributed by atoms with Gasteiger partial charge in [-0.25, -0.2) is 4.98 Å². The second-order valence-corrected chi connectivity index (χ2v) is 9.20. The first-order valence-corrected chi connectivity index (χ1v) is 11.6. The number of para-hydroxylation sites is 1. The number of thioether (sulfide) groups is 1. The van der Waals surface area contributed by atoms with Gasteiger partial charge in [-0.05, 0) is 44.2 Å². The Balaban J connectivity index is 0.00000363. The van der Waals surface area contributed by atoms with Crippen molar-refractivity contribution in [1.82, 2.24) is 20.2 Å². The minimum absolute atomic E-state index is 0. The van der Waals surface area contributed by atoms with Gasteiger partial charge in [0.1, 0.15) is 5.82 Å². The second kappa shape index (κ2) is 12.1. The summed E-state index contributed by atoms with van der Waals surface area (Å²) in [7, 11) is 0. The van der Waals surface area contributed by atoms with Crippen molar-refractivity contribution in [3.63, 3.8) is 0 Å². The Morgan fingerprint density at radius 3 is 2.81 bits per heavy atom. The molecule has 1 aromatic carbocycles. The number of hydrogen-bond donors (Lipinski definition) is 5. The van der Waals surface area contributed by atoms with E-state index in [1.807, 2.05) is 24.0 Å². The molecule has 1 aliphatic heterocycles. The van der Waals surface area contributed by atoms with E-state index in [4.69, 9.17) is 16.9 Å². The molecule has 32 heavy (non-hydrogen) atoms. The minimum Gasteiger partial charge on any atom is -0.370 e. The lowest BCUT2D eigenvalue weighted by molar-refractivity contribution is -0.133. The van der Waals surface area contributed by atoms with Crippen LogP contribution in [0, 0.1) is 12.3 Å². The van der Waals surface area contributed by atoms with Crippen molar-refractivity contribution in [3.05, 3.63) is 39.9 Å². The van der Waals surface area contributed by atoms with Crippen LogP contribution in [0.25, 0.3) is 10.9 Å². The van der Waals surface area contributed by atoms with Crippen LogP contribution in [-0.4, -0.2) is 57.7 Å². The largest absolute Gasteiger partial charge is 0.370 e. The first-order valence-electron chi connectivity index (χ1n) is 10.6. The number of aryl methyl sites for hydroxylation is 1. The lowest BCUT2D eigenvalue weighted by atomic mass is 10.1. The molecule has 1 atom stereocenters. The highest BCUT2D eigenvalue weighted by Gasteiger charge is 2.26. The summed E-state index contributed by atoms with van der Waals surface area (Å²) in [6.45, 7) is 3.88. The Labute approximate surface area is 198 Å². The molecule has 2 aromatic rings. The highest BCUT2D eigenvalue weighted by Crippen LogP contribution is 2.26. The Morgan fingerprint density at radius 1 is 1.41 bits per heavy atom. The molecule has 1 aliphatic rings. The molecule has 176 valence electrons. The molecule has 11 heteroatoms. The van der Waals surface area contributed by atoms with Crippen LogP contribution in [0.15, 0.2) is 23.0 Å². The number of likely N-dealkylation sites (tertiary alicyclic amines) is 1. The molecule has 1 amide bonds. The number of carbonyl (C=O) groups is 1. The third-order valence-electron chi connectivity index (χ3n) is 5.52. The van der Waals surface area contributed by atoms with Gasteiger partial charge < -0.3 is 26.7 Å². The number of nitrogens with two attached hydrogens (primary N) is 2. The standard InChI is InChI=1S/C21H31N7O2S.ClH/c1-13-4-2-5-15-18(13)26-17(27-19(15)29)12-31-14-7-10-28(11-8-14)20(30)16(22)6-3-9-25-21(23)24;/h2,4-5,14,16H,3,6-12,22H2,1H3,(H4,23,24,25)(H,26,27,29);1H/t16-;/m0./s1. The molecule has 9 nitrogen and oxygen atoms in total.